The SMILES string of the molecule is c1cc(-c2ccncc2)cc(-n2c3cccnc3c3c4ccc5cc6c(c7ccc(cc32)c4c57)c2ncccc2n6-c2cccc(-c3ccncc3)c2)c1.c1cc(-c2ccncc2)nc(-n2c3cccnc3c3c4ccc5cc6c(c7ccc(cc32)c4c57)c2ncccc2n6-c2cccc(-c3ccncc3)n2)c1.c1cnc2c3c4ccc5cc6c(c7ccc(cc3n(-c3ccncc3)c2c1)c4c57)c1ncccc1n6-c1ccncc1. The molecule has 0 saturated carbocycles. The Labute approximate surface area is 850 Å². The van der Waals surface area contributed by atoms with Gasteiger partial charge in [-0.25, -0.2) is 9.97 Å². The van der Waals surface area contributed by atoms with Crippen molar-refractivity contribution < 1.29 is 0 Å². The molecule has 0 N–H and O–H groups in total. The number of hydrogen-bond donors (Lipinski definition) is 0. The fraction of sp³-hybridized carbons (Fsp3) is 0. The van der Waals surface area contributed by atoms with Crippen molar-refractivity contribution in [1.82, 2.24) is 97.2 Å². The van der Waals surface area contributed by atoms with Gasteiger partial charge in [0.25, 0.3) is 0 Å². The number of nitrogens with zero attached hydrogens (tertiary/aromatic N) is 20. The summed E-state index contributed by atoms with van der Waals surface area (Å²) in [6, 6.07) is 121. The lowest BCUT2D eigenvalue weighted by Crippen LogP contribution is -1.99. The summed E-state index contributed by atoms with van der Waals surface area (Å²) in [6.45, 7) is 0. The number of fused-ring (bicyclic) bond motifs is 24. The first-order valence-electron chi connectivity index (χ1n) is 49.9. The van der Waals surface area contributed by atoms with Gasteiger partial charge < -0.3 is 18.3 Å². The Balaban J connectivity index is 0.000000100. The second-order valence-electron chi connectivity index (χ2n) is 38.3. The van der Waals surface area contributed by atoms with Crippen molar-refractivity contribution in [2.45, 2.75) is 0 Å². The standard InChI is InChI=1S/C48H28N6.C46H26N8.C36H20N6/c1-5-31(29-15-21-49-22-16-29)25-35(7-1)53-39-9-3-19-51-47(39)45-37-13-12-34-28-42-46(38-14-11-33(27-41(45)53)43(37)44(34)38)48-40(10-4-20-52-48)54(42)36-8-2-6-32(26-36)30-17-23-50-24-18-30;1-5-33(27-15-21-47-22-16-27)51-39(9-1)53-35-7-3-19-49-45(35)43-31-13-12-30-26-38-44(32-14-11-29(25-37(43)53)41(31)42(30)32)46-36(8-4-20-50-46)54(38)40-10-2-6-34(52-40)28-17-23-48-24-18-28;1-3-27-35(39-13-1)33-25-7-5-22-20-30-34(36-28(4-2-14-40-36)42(30)24-11-17-38-18-12-24)26-8-6-21(31(25)32(22)26)19-29(33)41(27)23-9-15-37-16-10-23/h1-28H;1-26H;1-20H. The summed E-state index contributed by atoms with van der Waals surface area (Å²) >= 11 is 0. The Hall–Kier alpha value is -20.9. The molecular formula is C130H74N20. The van der Waals surface area contributed by atoms with Crippen LogP contribution >= 0.6 is 0 Å². The molecule has 0 radical (unpaired) electrons. The van der Waals surface area contributed by atoms with Gasteiger partial charge in [0.2, 0.25) is 0 Å². The predicted molar refractivity (Wildman–Crippen MR) is 607 cm³/mol. The van der Waals surface area contributed by atoms with E-state index in [0.29, 0.717) is 0 Å². The first-order valence-corrected chi connectivity index (χ1v) is 49.9. The van der Waals surface area contributed by atoms with Crippen LogP contribution in [0.4, 0.5) is 0 Å². The zero-order chi connectivity index (χ0) is 98.0. The molecule has 0 amide bonds. The Bertz CT molecular complexity index is 10500. The third-order valence-corrected chi connectivity index (χ3v) is 30.6. The minimum absolute atomic E-state index is 0.840. The van der Waals surface area contributed by atoms with E-state index >= 15 is 0 Å². The fourth-order valence-corrected chi connectivity index (χ4v) is 24.5. The molecule has 34 rings (SSSR count). The molecule has 0 saturated heterocycles. The summed E-state index contributed by atoms with van der Waals surface area (Å²) in [7, 11) is 0. The Morgan fingerprint density at radius 1 is 0.140 bits per heavy atom. The molecule has 20 aromatic heterocycles. The average Bonchev–Trinajstić information content (AvgIpc) is 1.51. The lowest BCUT2D eigenvalue weighted by Gasteiger charge is -2.15. The Kier molecular flexibility index (Phi) is 17.8. The zero-order valence-electron chi connectivity index (χ0n) is 79.7. The van der Waals surface area contributed by atoms with Gasteiger partial charge in [0.1, 0.15) is 11.6 Å². The summed E-state index contributed by atoms with van der Waals surface area (Å²) in [4.78, 5) is 65.6. The van der Waals surface area contributed by atoms with Crippen LogP contribution < -0.4 is 0 Å². The van der Waals surface area contributed by atoms with Crippen molar-refractivity contribution in [3.8, 4) is 79.2 Å². The van der Waals surface area contributed by atoms with Gasteiger partial charge in [-0.1, -0.05) is 109 Å². The smallest absolute Gasteiger partial charge is 0.138 e. The lowest BCUT2D eigenvalue weighted by molar-refractivity contribution is 1.08. The van der Waals surface area contributed by atoms with Gasteiger partial charge in [0.05, 0.1) is 111 Å². The molecule has 0 atom stereocenters. The molecule has 0 aliphatic carbocycles. The Morgan fingerprint density at radius 3 is 0.633 bits per heavy atom. The van der Waals surface area contributed by atoms with E-state index in [9.17, 15) is 0 Å². The van der Waals surface area contributed by atoms with Crippen molar-refractivity contribution in [3.05, 3.63) is 451 Å². The van der Waals surface area contributed by atoms with E-state index in [1.165, 1.54) is 86.2 Å². The van der Waals surface area contributed by atoms with E-state index in [2.05, 4.69) is 324 Å². The number of benzene rings is 14. The number of rotatable bonds is 10. The minimum Gasteiger partial charge on any atom is -0.308 e. The summed E-state index contributed by atoms with van der Waals surface area (Å²) in [5, 5.41) is 28.7. The Morgan fingerprint density at radius 2 is 0.367 bits per heavy atom. The molecule has 0 unspecified atom stereocenters. The molecule has 0 fully saturated rings. The molecular weight excluding hydrogens is 1840 g/mol. The van der Waals surface area contributed by atoms with Gasteiger partial charge in [-0.3, -0.25) is 68.9 Å². The summed E-state index contributed by atoms with van der Waals surface area (Å²) in [6.07, 6.45) is 33.3. The van der Waals surface area contributed by atoms with Gasteiger partial charge >= 0.3 is 0 Å². The van der Waals surface area contributed by atoms with Crippen LogP contribution in [0.1, 0.15) is 0 Å². The fourth-order valence-electron chi connectivity index (χ4n) is 24.5. The van der Waals surface area contributed by atoms with E-state index < -0.39 is 0 Å². The van der Waals surface area contributed by atoms with Crippen LogP contribution in [0, 0.1) is 0 Å². The second-order valence-corrected chi connectivity index (χ2v) is 38.3. The van der Waals surface area contributed by atoms with E-state index in [-0.39, 0.29) is 0 Å². The molecule has 0 aliphatic rings. The summed E-state index contributed by atoms with van der Waals surface area (Å²) in [5.74, 6) is 1.68. The van der Waals surface area contributed by atoms with E-state index in [1.807, 2.05) is 160 Å². The monoisotopic (exact) mass is 1910 g/mol. The number of hydrogen-bond acceptors (Lipinski definition) is 14. The van der Waals surface area contributed by atoms with Crippen molar-refractivity contribution in [2.24, 2.45) is 0 Å². The normalized spacial score (nSPS) is 12.1. The van der Waals surface area contributed by atoms with Crippen LogP contribution in [0.25, 0.3) is 308 Å². The molecule has 0 aliphatic heterocycles. The van der Waals surface area contributed by atoms with E-state index in [1.54, 1.807) is 24.8 Å². The summed E-state index contributed by atoms with van der Waals surface area (Å²) in [5.41, 5.74) is 31.7. The highest BCUT2D eigenvalue weighted by molar-refractivity contribution is 6.41. The maximum Gasteiger partial charge on any atom is 0.138 e. The molecule has 0 bridgehead atoms. The van der Waals surface area contributed by atoms with Crippen LogP contribution in [0.3, 0.4) is 0 Å². The molecule has 694 valence electrons. The average molecular weight is 1920 g/mol. The highest BCUT2D eigenvalue weighted by atomic mass is 15.1. The van der Waals surface area contributed by atoms with Gasteiger partial charge in [-0.2, -0.15) is 0 Å². The van der Waals surface area contributed by atoms with Crippen LogP contribution in [-0.2, 0) is 0 Å². The maximum absolute atomic E-state index is 5.17. The van der Waals surface area contributed by atoms with Crippen LogP contribution in [0.15, 0.2) is 451 Å². The van der Waals surface area contributed by atoms with Crippen molar-refractivity contribution >= 4 is 229 Å². The maximum atomic E-state index is 5.17. The van der Waals surface area contributed by atoms with Crippen molar-refractivity contribution in [1.29, 1.82) is 0 Å². The quantitative estimate of drug-likeness (QED) is 0.117. The number of pyridine rings is 14. The highest BCUT2D eigenvalue weighted by Crippen LogP contribution is 2.53. The van der Waals surface area contributed by atoms with Gasteiger partial charge in [-0.15, -0.1) is 0 Å². The summed E-state index contributed by atoms with van der Waals surface area (Å²) < 4.78 is 13.8. The first kappa shape index (κ1) is 82.6. The van der Waals surface area contributed by atoms with Crippen LogP contribution in [0.2, 0.25) is 0 Å². The largest absolute Gasteiger partial charge is 0.308 e. The molecule has 14 aromatic carbocycles. The van der Waals surface area contributed by atoms with Crippen LogP contribution in [-0.4, -0.2) is 97.2 Å². The highest BCUT2D eigenvalue weighted by Gasteiger charge is 2.30. The van der Waals surface area contributed by atoms with Gasteiger partial charge in [0.15, 0.2) is 0 Å². The van der Waals surface area contributed by atoms with Crippen molar-refractivity contribution in [3.63, 3.8) is 0 Å². The molecule has 0 spiro atoms. The number of aromatic nitrogens is 20. The zero-order valence-corrected chi connectivity index (χ0v) is 79.7. The minimum atomic E-state index is 0.840. The molecule has 34 aromatic rings. The molecule has 20 heteroatoms. The van der Waals surface area contributed by atoms with Crippen LogP contribution in [0.5, 0.6) is 0 Å². The van der Waals surface area contributed by atoms with E-state index in [4.69, 9.17) is 39.9 Å². The van der Waals surface area contributed by atoms with Gasteiger partial charge in [-0.05, 0) is 350 Å². The van der Waals surface area contributed by atoms with E-state index in [0.717, 1.165) is 222 Å². The molecule has 150 heavy (non-hydrogen) atoms. The van der Waals surface area contributed by atoms with Crippen molar-refractivity contribution in [2.75, 3.05) is 0 Å². The lowest BCUT2D eigenvalue weighted by atomic mass is 9.91. The first-order chi connectivity index (χ1) is 74.5. The molecule has 20 nitrogen and oxygen atoms in total. The molecule has 20 heterocycles. The predicted octanol–water partition coefficient (Wildman–Crippen LogP) is 30.5. The third kappa shape index (κ3) is 12.2. The van der Waals surface area contributed by atoms with Gasteiger partial charge in [0, 0.05) is 178 Å². The topological polar surface area (TPSA) is 210 Å². The second kappa shape index (κ2) is 32.3. The third-order valence-electron chi connectivity index (χ3n) is 30.6.